The van der Waals surface area contributed by atoms with Gasteiger partial charge in [0.1, 0.15) is 0 Å². The van der Waals surface area contributed by atoms with Crippen LogP contribution in [0.5, 0.6) is 0 Å². The summed E-state index contributed by atoms with van der Waals surface area (Å²) in [7, 11) is 1.05. The average molecular weight is 358 g/mol. The SMILES string of the molecule is COC(=O)c1cc([N+](=O)[O-])nc(C(F)F)c1I. The molecule has 1 rings (SSSR count). The van der Waals surface area contributed by atoms with Crippen molar-refractivity contribution in [3.05, 3.63) is 31.0 Å². The highest BCUT2D eigenvalue weighted by Gasteiger charge is 2.28. The van der Waals surface area contributed by atoms with E-state index in [1.54, 1.807) is 0 Å². The summed E-state index contributed by atoms with van der Waals surface area (Å²) in [6.07, 6.45) is -3.01. The first-order valence-electron chi connectivity index (χ1n) is 4.09. The quantitative estimate of drug-likeness (QED) is 0.359. The number of rotatable bonds is 3. The Morgan fingerprint density at radius 3 is 2.65 bits per heavy atom. The topological polar surface area (TPSA) is 82.3 Å². The number of hydrogen-bond donors (Lipinski definition) is 0. The maximum Gasteiger partial charge on any atom is 0.364 e. The molecule has 0 aliphatic rings. The number of halogens is 3. The number of hydrogen-bond acceptors (Lipinski definition) is 5. The van der Waals surface area contributed by atoms with Crippen molar-refractivity contribution in [2.24, 2.45) is 0 Å². The number of carbonyl (C=O) groups excluding carboxylic acids is 1. The van der Waals surface area contributed by atoms with Crippen molar-refractivity contribution < 1.29 is 23.2 Å². The van der Waals surface area contributed by atoms with Crippen molar-refractivity contribution in [2.45, 2.75) is 6.43 Å². The number of esters is 1. The lowest BCUT2D eigenvalue weighted by molar-refractivity contribution is -0.389. The van der Waals surface area contributed by atoms with Crippen molar-refractivity contribution >= 4 is 34.4 Å². The highest BCUT2D eigenvalue weighted by Crippen LogP contribution is 2.28. The molecule has 6 nitrogen and oxygen atoms in total. The minimum atomic E-state index is -3.01. The van der Waals surface area contributed by atoms with Crippen LogP contribution in [-0.4, -0.2) is 23.0 Å². The van der Waals surface area contributed by atoms with Crippen LogP contribution < -0.4 is 0 Å². The van der Waals surface area contributed by atoms with Crippen LogP contribution in [0.1, 0.15) is 22.5 Å². The molecule has 9 heteroatoms. The van der Waals surface area contributed by atoms with Gasteiger partial charge >= 0.3 is 18.2 Å². The van der Waals surface area contributed by atoms with Gasteiger partial charge in [0.15, 0.2) is 0 Å². The third-order valence-electron chi connectivity index (χ3n) is 1.77. The van der Waals surface area contributed by atoms with Gasteiger partial charge in [-0.2, -0.15) is 0 Å². The highest BCUT2D eigenvalue weighted by atomic mass is 127. The summed E-state index contributed by atoms with van der Waals surface area (Å²) in [6.45, 7) is 0. The Labute approximate surface area is 107 Å². The number of nitro groups is 1. The third kappa shape index (κ3) is 2.84. The molecule has 1 heterocycles. The van der Waals surface area contributed by atoms with Gasteiger partial charge in [-0.05, 0) is 32.5 Å². The second-order valence-electron chi connectivity index (χ2n) is 2.78. The molecular formula is C8H5F2IN2O4. The van der Waals surface area contributed by atoms with Gasteiger partial charge in [-0.15, -0.1) is 0 Å². The van der Waals surface area contributed by atoms with Crippen molar-refractivity contribution in [1.82, 2.24) is 4.98 Å². The average Bonchev–Trinajstić information content (AvgIpc) is 2.27. The van der Waals surface area contributed by atoms with E-state index in [1.165, 1.54) is 22.6 Å². The van der Waals surface area contributed by atoms with E-state index in [1.807, 2.05) is 0 Å². The fourth-order valence-corrected chi connectivity index (χ4v) is 1.76. The molecule has 0 unspecified atom stereocenters. The van der Waals surface area contributed by atoms with Gasteiger partial charge in [0.25, 0.3) is 0 Å². The van der Waals surface area contributed by atoms with Crippen LogP contribution >= 0.6 is 22.6 Å². The summed E-state index contributed by atoms with van der Waals surface area (Å²) in [5.74, 6) is -1.75. The standard InChI is InChI=1S/C8H5F2IN2O4/c1-17-8(14)3-2-4(13(15)16)12-6(5(3)11)7(9)10/h2,7H,1H3. The van der Waals surface area contributed by atoms with E-state index in [0.717, 1.165) is 13.2 Å². The van der Waals surface area contributed by atoms with Gasteiger partial charge in [-0.1, -0.05) is 0 Å². The molecule has 17 heavy (non-hydrogen) atoms. The van der Waals surface area contributed by atoms with Crippen LogP contribution in [-0.2, 0) is 4.74 Å². The summed E-state index contributed by atoms with van der Waals surface area (Å²) in [5.41, 5.74) is -1.11. The van der Waals surface area contributed by atoms with E-state index in [-0.39, 0.29) is 9.13 Å². The Morgan fingerprint density at radius 2 is 2.24 bits per heavy atom. The first-order valence-corrected chi connectivity index (χ1v) is 5.17. The minimum absolute atomic E-state index is 0.157. The van der Waals surface area contributed by atoms with Gasteiger partial charge in [0.05, 0.1) is 22.3 Å². The van der Waals surface area contributed by atoms with E-state index < -0.39 is 28.8 Å². The first-order chi connectivity index (χ1) is 7.88. The lowest BCUT2D eigenvalue weighted by Gasteiger charge is -2.04. The molecule has 0 fully saturated rings. The monoisotopic (exact) mass is 358 g/mol. The highest BCUT2D eigenvalue weighted by molar-refractivity contribution is 14.1. The van der Waals surface area contributed by atoms with Crippen molar-refractivity contribution in [3.63, 3.8) is 0 Å². The Hall–Kier alpha value is -1.39. The second kappa shape index (κ2) is 5.29. The van der Waals surface area contributed by atoms with Crippen LogP contribution in [0, 0.1) is 13.7 Å². The van der Waals surface area contributed by atoms with E-state index in [9.17, 15) is 23.7 Å². The molecule has 0 saturated carbocycles. The maximum atomic E-state index is 12.6. The number of alkyl halides is 2. The Bertz CT molecular complexity index is 481. The molecule has 0 atom stereocenters. The zero-order valence-corrected chi connectivity index (χ0v) is 10.5. The number of carbonyl (C=O) groups is 1. The third-order valence-corrected chi connectivity index (χ3v) is 2.90. The minimum Gasteiger partial charge on any atom is -0.465 e. The zero-order chi connectivity index (χ0) is 13.2. The maximum absolute atomic E-state index is 12.6. The molecule has 0 aliphatic carbocycles. The molecular weight excluding hydrogens is 353 g/mol. The molecule has 0 N–H and O–H groups in total. The van der Waals surface area contributed by atoms with E-state index in [2.05, 4.69) is 9.72 Å². The number of methoxy groups -OCH3 is 1. The molecule has 92 valence electrons. The lowest BCUT2D eigenvalue weighted by Crippen LogP contribution is -2.10. The Balaban J connectivity index is 3.48. The van der Waals surface area contributed by atoms with Crippen molar-refractivity contribution in [3.8, 4) is 0 Å². The van der Waals surface area contributed by atoms with Crippen LogP contribution in [0.2, 0.25) is 0 Å². The van der Waals surface area contributed by atoms with Crippen molar-refractivity contribution in [2.75, 3.05) is 7.11 Å². The van der Waals surface area contributed by atoms with Crippen LogP contribution in [0.4, 0.5) is 14.6 Å². The Morgan fingerprint density at radius 1 is 1.65 bits per heavy atom. The number of ether oxygens (including phenoxy) is 1. The van der Waals surface area contributed by atoms with Crippen LogP contribution in [0.3, 0.4) is 0 Å². The van der Waals surface area contributed by atoms with E-state index in [0.29, 0.717) is 0 Å². The van der Waals surface area contributed by atoms with Crippen LogP contribution in [0.25, 0.3) is 0 Å². The summed E-state index contributed by atoms with van der Waals surface area (Å²) < 4.78 is 29.3. The largest absolute Gasteiger partial charge is 0.465 e. The summed E-state index contributed by atoms with van der Waals surface area (Å²) >= 11 is 1.47. The van der Waals surface area contributed by atoms with E-state index in [4.69, 9.17) is 0 Å². The van der Waals surface area contributed by atoms with Crippen molar-refractivity contribution in [1.29, 1.82) is 0 Å². The van der Waals surface area contributed by atoms with Gasteiger partial charge in [0.2, 0.25) is 5.69 Å². The molecule has 1 aromatic heterocycles. The number of aromatic nitrogens is 1. The number of pyridine rings is 1. The lowest BCUT2D eigenvalue weighted by atomic mass is 10.2. The summed E-state index contributed by atoms with van der Waals surface area (Å²) in [6, 6.07) is 0.805. The normalized spacial score (nSPS) is 10.4. The smallest absolute Gasteiger partial charge is 0.364 e. The molecule has 1 aromatic rings. The first kappa shape index (κ1) is 13.7. The second-order valence-corrected chi connectivity index (χ2v) is 3.86. The fourth-order valence-electron chi connectivity index (χ4n) is 1.03. The molecule has 0 amide bonds. The Kier molecular flexibility index (Phi) is 4.26. The molecule has 0 aromatic carbocycles. The predicted molar refractivity (Wildman–Crippen MR) is 59.9 cm³/mol. The van der Waals surface area contributed by atoms with Crippen LogP contribution in [0.15, 0.2) is 6.07 Å². The zero-order valence-electron chi connectivity index (χ0n) is 8.32. The van der Waals surface area contributed by atoms with E-state index >= 15 is 0 Å². The molecule has 0 aliphatic heterocycles. The summed E-state index contributed by atoms with van der Waals surface area (Å²) in [4.78, 5) is 24.0. The van der Waals surface area contributed by atoms with Gasteiger partial charge in [-0.3, -0.25) is 0 Å². The molecule has 0 bridgehead atoms. The van der Waals surface area contributed by atoms with Gasteiger partial charge in [0, 0.05) is 0 Å². The molecule has 0 saturated heterocycles. The number of nitrogens with zero attached hydrogens (tertiary/aromatic N) is 2. The summed E-state index contributed by atoms with van der Waals surface area (Å²) in [5, 5.41) is 10.5. The molecule has 0 spiro atoms. The van der Waals surface area contributed by atoms with Gasteiger partial charge in [-0.25, -0.2) is 13.6 Å². The fraction of sp³-hybridized carbons (Fsp3) is 0.250. The van der Waals surface area contributed by atoms with Gasteiger partial charge < -0.3 is 14.9 Å². The molecule has 0 radical (unpaired) electrons. The predicted octanol–water partition coefficient (Wildman–Crippen LogP) is 2.32.